The van der Waals surface area contributed by atoms with Crippen molar-refractivity contribution in [2.24, 2.45) is 4.99 Å². The monoisotopic (exact) mass is 478 g/mol. The number of aryl methyl sites for hydroxylation is 1. The van der Waals surface area contributed by atoms with Gasteiger partial charge in [-0.05, 0) is 72.3 Å². The average Bonchev–Trinajstić information content (AvgIpc) is 3.08. The van der Waals surface area contributed by atoms with E-state index in [2.05, 4.69) is 26.2 Å². The molecule has 1 aliphatic rings. The van der Waals surface area contributed by atoms with Crippen LogP contribution in [0.1, 0.15) is 16.7 Å². The first-order chi connectivity index (χ1) is 14.5. The molecule has 3 aromatic carbocycles. The highest BCUT2D eigenvalue weighted by atomic mass is 79.9. The maximum atomic E-state index is 12.3. The van der Waals surface area contributed by atoms with Crippen LogP contribution >= 0.6 is 27.7 Å². The van der Waals surface area contributed by atoms with Gasteiger partial charge in [0.1, 0.15) is 12.4 Å². The molecular weight excluding hydrogens is 460 g/mol. The number of nitrogens with zero attached hydrogens (tertiary/aromatic N) is 1. The molecule has 0 aliphatic carbocycles. The summed E-state index contributed by atoms with van der Waals surface area (Å²) in [5.74, 6) is 0.608. The normalized spacial score (nSPS) is 16.1. The lowest BCUT2D eigenvalue weighted by Gasteiger charge is -2.07. The van der Waals surface area contributed by atoms with Crippen LogP contribution in [0.5, 0.6) is 5.75 Å². The van der Waals surface area contributed by atoms with Crippen molar-refractivity contribution < 1.29 is 9.53 Å². The molecule has 150 valence electrons. The van der Waals surface area contributed by atoms with Crippen molar-refractivity contribution >= 4 is 50.5 Å². The van der Waals surface area contributed by atoms with Crippen molar-refractivity contribution in [1.82, 2.24) is 5.32 Å². The van der Waals surface area contributed by atoms with Crippen molar-refractivity contribution in [2.45, 2.75) is 13.5 Å². The van der Waals surface area contributed by atoms with Gasteiger partial charge in [-0.15, -0.1) is 0 Å². The summed E-state index contributed by atoms with van der Waals surface area (Å²) < 4.78 is 6.94. The van der Waals surface area contributed by atoms with E-state index in [4.69, 9.17) is 4.74 Å². The Hall–Kier alpha value is -2.83. The molecule has 1 amide bonds. The first kappa shape index (κ1) is 20.4. The zero-order valence-corrected chi connectivity index (χ0v) is 18.7. The van der Waals surface area contributed by atoms with Crippen LogP contribution in [0.4, 0.5) is 5.69 Å². The molecule has 0 aromatic heterocycles. The molecule has 3 aromatic rings. The molecule has 4 rings (SSSR count). The van der Waals surface area contributed by atoms with Crippen LogP contribution in [0.15, 0.2) is 87.2 Å². The van der Waals surface area contributed by atoms with E-state index in [0.29, 0.717) is 16.7 Å². The van der Waals surface area contributed by atoms with E-state index >= 15 is 0 Å². The largest absolute Gasteiger partial charge is 0.489 e. The number of hydrogen-bond acceptors (Lipinski definition) is 4. The summed E-state index contributed by atoms with van der Waals surface area (Å²) in [5.41, 5.74) is 3.97. The van der Waals surface area contributed by atoms with Crippen LogP contribution < -0.4 is 10.1 Å². The molecule has 0 radical (unpaired) electrons. The van der Waals surface area contributed by atoms with Crippen LogP contribution in [0.25, 0.3) is 6.08 Å². The molecule has 6 heteroatoms. The zero-order valence-electron chi connectivity index (χ0n) is 16.3. The fourth-order valence-electron chi connectivity index (χ4n) is 2.81. The second-order valence-corrected chi connectivity index (χ2v) is 8.75. The number of rotatable bonds is 5. The smallest absolute Gasteiger partial charge is 0.264 e. The summed E-state index contributed by atoms with van der Waals surface area (Å²) in [6, 6.07) is 23.6. The number of benzene rings is 3. The van der Waals surface area contributed by atoms with Gasteiger partial charge in [0.15, 0.2) is 5.17 Å². The minimum atomic E-state index is -0.146. The third-order valence-corrected chi connectivity index (χ3v) is 5.83. The number of hydrogen-bond donors (Lipinski definition) is 1. The molecule has 1 N–H and O–H groups in total. The van der Waals surface area contributed by atoms with Crippen LogP contribution in [-0.2, 0) is 11.4 Å². The van der Waals surface area contributed by atoms with Gasteiger partial charge in [0.2, 0.25) is 0 Å². The van der Waals surface area contributed by atoms with E-state index in [-0.39, 0.29) is 5.91 Å². The first-order valence-electron chi connectivity index (χ1n) is 9.39. The molecule has 0 atom stereocenters. The van der Waals surface area contributed by atoms with E-state index < -0.39 is 0 Å². The predicted octanol–water partition coefficient (Wildman–Crippen LogP) is 6.23. The van der Waals surface area contributed by atoms with Crippen molar-refractivity contribution in [2.75, 3.05) is 0 Å². The summed E-state index contributed by atoms with van der Waals surface area (Å²) in [5, 5.41) is 3.41. The standard InChI is InChI=1S/C24H19BrN2O2S/c1-16-5-11-20(12-6-16)26-24-27-23(28)22(30-24)14-18-3-2-4-21(13-18)29-15-17-7-9-19(25)10-8-17/h2-14H,15H2,1H3,(H,26,27,28). The molecule has 0 spiro atoms. The lowest BCUT2D eigenvalue weighted by Crippen LogP contribution is -2.19. The minimum Gasteiger partial charge on any atom is -0.489 e. The Balaban J connectivity index is 1.45. The number of nitrogens with one attached hydrogen (secondary N) is 1. The third kappa shape index (κ3) is 5.40. The van der Waals surface area contributed by atoms with Gasteiger partial charge in [-0.25, -0.2) is 4.99 Å². The molecule has 1 saturated heterocycles. The Bertz CT molecular complexity index is 1120. The maximum absolute atomic E-state index is 12.3. The fraction of sp³-hybridized carbons (Fsp3) is 0.0833. The molecule has 1 heterocycles. The number of carbonyl (C=O) groups is 1. The molecular formula is C24H19BrN2O2S. The Morgan fingerprint density at radius 3 is 2.60 bits per heavy atom. The second kappa shape index (κ2) is 9.32. The topological polar surface area (TPSA) is 50.7 Å². The Morgan fingerprint density at radius 1 is 1.07 bits per heavy atom. The summed E-state index contributed by atoms with van der Waals surface area (Å²) in [4.78, 5) is 17.5. The van der Waals surface area contributed by atoms with Gasteiger partial charge in [-0.3, -0.25) is 4.79 Å². The van der Waals surface area contributed by atoms with Crippen LogP contribution in [-0.4, -0.2) is 11.1 Å². The molecule has 0 unspecified atom stereocenters. The highest BCUT2D eigenvalue weighted by molar-refractivity contribution is 9.10. The zero-order chi connectivity index (χ0) is 20.9. The fourth-order valence-corrected chi connectivity index (χ4v) is 3.92. The molecule has 0 saturated carbocycles. The van der Waals surface area contributed by atoms with Crippen molar-refractivity contribution in [1.29, 1.82) is 0 Å². The summed E-state index contributed by atoms with van der Waals surface area (Å²) in [6.45, 7) is 2.51. The van der Waals surface area contributed by atoms with Crippen molar-refractivity contribution in [3.8, 4) is 5.75 Å². The molecule has 4 nitrogen and oxygen atoms in total. The Kier molecular flexibility index (Phi) is 6.35. The number of aliphatic imine (C=N–C) groups is 1. The maximum Gasteiger partial charge on any atom is 0.264 e. The Labute approximate surface area is 188 Å². The van der Waals surface area contributed by atoms with Gasteiger partial charge >= 0.3 is 0 Å². The third-order valence-electron chi connectivity index (χ3n) is 4.39. The lowest BCUT2D eigenvalue weighted by atomic mass is 10.2. The van der Waals surface area contributed by atoms with E-state index in [1.165, 1.54) is 17.3 Å². The number of thioether (sulfide) groups is 1. The van der Waals surface area contributed by atoms with Gasteiger partial charge < -0.3 is 10.1 Å². The van der Waals surface area contributed by atoms with Gasteiger partial charge in [-0.2, -0.15) is 0 Å². The molecule has 1 aliphatic heterocycles. The van der Waals surface area contributed by atoms with Crippen LogP contribution in [0.3, 0.4) is 0 Å². The molecule has 30 heavy (non-hydrogen) atoms. The highest BCUT2D eigenvalue weighted by Gasteiger charge is 2.23. The number of ether oxygens (including phenoxy) is 1. The van der Waals surface area contributed by atoms with E-state index in [1.807, 2.05) is 85.8 Å². The molecule has 1 fully saturated rings. The average molecular weight is 479 g/mol. The van der Waals surface area contributed by atoms with E-state index in [0.717, 1.165) is 27.0 Å². The first-order valence-corrected chi connectivity index (χ1v) is 11.0. The number of carbonyl (C=O) groups excluding carboxylic acids is 1. The molecule has 0 bridgehead atoms. The van der Waals surface area contributed by atoms with Gasteiger partial charge in [0, 0.05) is 4.47 Å². The highest BCUT2D eigenvalue weighted by Crippen LogP contribution is 2.29. The second-order valence-electron chi connectivity index (χ2n) is 6.80. The summed E-state index contributed by atoms with van der Waals surface area (Å²) in [7, 11) is 0. The number of amides is 1. The van der Waals surface area contributed by atoms with Crippen LogP contribution in [0, 0.1) is 6.92 Å². The number of amidine groups is 1. The predicted molar refractivity (Wildman–Crippen MR) is 127 cm³/mol. The SMILES string of the molecule is Cc1ccc(N=C2NC(=O)C(=Cc3cccc(OCc4ccc(Br)cc4)c3)S2)cc1. The lowest BCUT2D eigenvalue weighted by molar-refractivity contribution is -0.115. The van der Waals surface area contributed by atoms with Crippen molar-refractivity contribution in [3.05, 3.63) is 98.9 Å². The van der Waals surface area contributed by atoms with E-state index in [9.17, 15) is 4.79 Å². The number of halogens is 1. The van der Waals surface area contributed by atoms with Crippen LogP contribution in [0.2, 0.25) is 0 Å². The quantitative estimate of drug-likeness (QED) is 0.442. The van der Waals surface area contributed by atoms with Gasteiger partial charge in [0.25, 0.3) is 5.91 Å². The summed E-state index contributed by atoms with van der Waals surface area (Å²) >= 11 is 4.77. The van der Waals surface area contributed by atoms with Crippen molar-refractivity contribution in [3.63, 3.8) is 0 Å². The summed E-state index contributed by atoms with van der Waals surface area (Å²) in [6.07, 6.45) is 1.85. The Morgan fingerprint density at radius 2 is 1.83 bits per heavy atom. The van der Waals surface area contributed by atoms with Gasteiger partial charge in [0.05, 0.1) is 10.6 Å². The van der Waals surface area contributed by atoms with E-state index in [1.54, 1.807) is 0 Å². The minimum absolute atomic E-state index is 0.146. The van der Waals surface area contributed by atoms with Gasteiger partial charge in [-0.1, -0.05) is 57.9 Å².